The first-order valence-corrected chi connectivity index (χ1v) is 9.75. The van der Waals surface area contributed by atoms with Crippen molar-refractivity contribution in [1.82, 2.24) is 0 Å². The van der Waals surface area contributed by atoms with Crippen molar-refractivity contribution in [2.45, 2.75) is 19.9 Å². The molecule has 1 N–H and O–H groups in total. The van der Waals surface area contributed by atoms with Gasteiger partial charge in [-0.3, -0.25) is 0 Å². The highest BCUT2D eigenvalue weighted by Gasteiger charge is 2.14. The second-order valence-electron chi connectivity index (χ2n) is 6.44. The fraction of sp³-hybridized carbons (Fsp3) is 0.429. The minimum absolute atomic E-state index is 0.604. The first-order chi connectivity index (χ1) is 13.2. The Morgan fingerprint density at radius 1 is 1.15 bits per heavy atom. The quantitative estimate of drug-likeness (QED) is 0.714. The van der Waals surface area contributed by atoms with Crippen LogP contribution in [0.5, 0.6) is 11.5 Å². The van der Waals surface area contributed by atoms with Gasteiger partial charge in [-0.2, -0.15) is 0 Å². The minimum Gasteiger partial charge on any atom is -0.493 e. The van der Waals surface area contributed by atoms with Crippen LogP contribution in [0.25, 0.3) is 0 Å². The number of methoxy groups -OCH3 is 1. The highest BCUT2D eigenvalue weighted by Crippen LogP contribution is 2.35. The van der Waals surface area contributed by atoms with E-state index in [1.807, 2.05) is 6.07 Å². The van der Waals surface area contributed by atoms with Crippen molar-refractivity contribution < 1.29 is 14.2 Å². The van der Waals surface area contributed by atoms with Gasteiger partial charge in [-0.15, -0.1) is 0 Å². The Morgan fingerprint density at radius 3 is 2.56 bits per heavy atom. The molecule has 1 heterocycles. The summed E-state index contributed by atoms with van der Waals surface area (Å²) in [5, 5.41) is 4.08. The van der Waals surface area contributed by atoms with Crippen molar-refractivity contribution in [3.8, 4) is 11.5 Å². The second-order valence-corrected chi connectivity index (χ2v) is 6.88. The highest BCUT2D eigenvalue weighted by molar-refractivity contribution is 6.30. The molecule has 0 saturated carbocycles. The molecule has 0 radical (unpaired) electrons. The molecule has 1 fully saturated rings. The van der Waals surface area contributed by atoms with E-state index in [1.54, 1.807) is 13.2 Å². The molecule has 0 unspecified atom stereocenters. The molecule has 0 atom stereocenters. The highest BCUT2D eigenvalue weighted by atomic mass is 35.5. The molecule has 146 valence electrons. The van der Waals surface area contributed by atoms with Crippen LogP contribution in [-0.4, -0.2) is 40.0 Å². The summed E-state index contributed by atoms with van der Waals surface area (Å²) >= 11 is 6.24. The normalized spacial score (nSPS) is 14.1. The van der Waals surface area contributed by atoms with Crippen molar-refractivity contribution >= 4 is 23.0 Å². The van der Waals surface area contributed by atoms with Gasteiger partial charge in [0.2, 0.25) is 0 Å². The number of rotatable bonds is 8. The van der Waals surface area contributed by atoms with Gasteiger partial charge in [0.15, 0.2) is 11.5 Å². The maximum Gasteiger partial charge on any atom is 0.166 e. The second kappa shape index (κ2) is 9.72. The van der Waals surface area contributed by atoms with Gasteiger partial charge >= 0.3 is 0 Å². The predicted octanol–water partition coefficient (Wildman–Crippen LogP) is 4.59. The molecular weight excluding hydrogens is 364 g/mol. The molecule has 27 heavy (non-hydrogen) atoms. The summed E-state index contributed by atoms with van der Waals surface area (Å²) < 4.78 is 16.8. The largest absolute Gasteiger partial charge is 0.493 e. The van der Waals surface area contributed by atoms with Gasteiger partial charge in [-0.05, 0) is 36.8 Å². The maximum absolute atomic E-state index is 6.24. The first kappa shape index (κ1) is 19.6. The molecule has 0 spiro atoms. The monoisotopic (exact) mass is 390 g/mol. The Morgan fingerprint density at radius 2 is 1.89 bits per heavy atom. The van der Waals surface area contributed by atoms with E-state index in [9.17, 15) is 0 Å². The lowest BCUT2D eigenvalue weighted by Crippen LogP contribution is -2.36. The summed E-state index contributed by atoms with van der Waals surface area (Å²) in [5.74, 6) is 1.41. The van der Waals surface area contributed by atoms with Crippen molar-refractivity contribution in [1.29, 1.82) is 0 Å². The standard InChI is InChI=1S/C21H27ClN2O3/c1-3-10-27-21-16(13-17(22)14-20(21)25-2)15-23-18-4-6-19(7-5-18)24-8-11-26-12-9-24/h4-7,13-14,23H,3,8-12,15H2,1-2H3. The average Bonchev–Trinajstić information content (AvgIpc) is 2.72. The van der Waals surface area contributed by atoms with Gasteiger partial charge in [0.1, 0.15) is 0 Å². The van der Waals surface area contributed by atoms with Crippen LogP contribution in [0.15, 0.2) is 36.4 Å². The Balaban J connectivity index is 1.69. The lowest BCUT2D eigenvalue weighted by molar-refractivity contribution is 0.122. The van der Waals surface area contributed by atoms with E-state index < -0.39 is 0 Å². The van der Waals surface area contributed by atoms with Crippen molar-refractivity contribution in [3.05, 3.63) is 47.0 Å². The van der Waals surface area contributed by atoms with Crippen molar-refractivity contribution in [2.24, 2.45) is 0 Å². The molecule has 2 aromatic carbocycles. The van der Waals surface area contributed by atoms with Crippen LogP contribution < -0.4 is 19.7 Å². The van der Waals surface area contributed by atoms with Crippen LogP contribution in [0.2, 0.25) is 5.02 Å². The zero-order valence-corrected chi connectivity index (χ0v) is 16.7. The van der Waals surface area contributed by atoms with Gasteiger partial charge in [-0.1, -0.05) is 18.5 Å². The zero-order valence-electron chi connectivity index (χ0n) is 16.0. The number of hydrogen-bond donors (Lipinski definition) is 1. The molecule has 0 bridgehead atoms. The Bertz CT molecular complexity index is 731. The molecule has 0 aliphatic carbocycles. The SMILES string of the molecule is CCCOc1c(CNc2ccc(N3CCOCC3)cc2)cc(Cl)cc1OC. The Hall–Kier alpha value is -2.11. The van der Waals surface area contributed by atoms with Crippen LogP contribution in [-0.2, 0) is 11.3 Å². The fourth-order valence-corrected chi connectivity index (χ4v) is 3.31. The van der Waals surface area contributed by atoms with E-state index in [-0.39, 0.29) is 0 Å². The summed E-state index contributed by atoms with van der Waals surface area (Å²) in [7, 11) is 1.63. The fourth-order valence-electron chi connectivity index (χ4n) is 3.08. The molecule has 3 rings (SSSR count). The zero-order chi connectivity index (χ0) is 19.1. The Labute approximate surface area is 166 Å². The predicted molar refractivity (Wildman–Crippen MR) is 111 cm³/mol. The third-order valence-electron chi connectivity index (χ3n) is 4.49. The van der Waals surface area contributed by atoms with Gasteiger partial charge < -0.3 is 24.4 Å². The molecule has 0 amide bonds. The van der Waals surface area contributed by atoms with E-state index in [4.69, 9.17) is 25.8 Å². The average molecular weight is 391 g/mol. The van der Waals surface area contributed by atoms with Crippen LogP contribution in [0.4, 0.5) is 11.4 Å². The van der Waals surface area contributed by atoms with E-state index in [0.29, 0.717) is 23.9 Å². The van der Waals surface area contributed by atoms with Crippen LogP contribution in [0, 0.1) is 0 Å². The van der Waals surface area contributed by atoms with E-state index in [0.717, 1.165) is 49.7 Å². The number of benzene rings is 2. The minimum atomic E-state index is 0.604. The van der Waals surface area contributed by atoms with E-state index in [2.05, 4.69) is 41.4 Å². The molecule has 0 aromatic heterocycles. The molecular formula is C21H27ClN2O3. The number of morpholine rings is 1. The lowest BCUT2D eigenvalue weighted by atomic mass is 10.1. The lowest BCUT2D eigenvalue weighted by Gasteiger charge is -2.29. The summed E-state index contributed by atoms with van der Waals surface area (Å²) in [6, 6.07) is 12.2. The summed E-state index contributed by atoms with van der Waals surface area (Å²) in [6.07, 6.45) is 0.932. The van der Waals surface area contributed by atoms with Crippen molar-refractivity contribution in [3.63, 3.8) is 0 Å². The number of anilines is 2. The van der Waals surface area contributed by atoms with Gasteiger partial charge in [0, 0.05) is 47.7 Å². The number of halogens is 1. The van der Waals surface area contributed by atoms with E-state index in [1.165, 1.54) is 5.69 Å². The molecule has 1 saturated heterocycles. The smallest absolute Gasteiger partial charge is 0.166 e. The van der Waals surface area contributed by atoms with Gasteiger partial charge in [-0.25, -0.2) is 0 Å². The van der Waals surface area contributed by atoms with E-state index >= 15 is 0 Å². The number of nitrogens with zero attached hydrogens (tertiary/aromatic N) is 1. The van der Waals surface area contributed by atoms with Gasteiger partial charge in [0.25, 0.3) is 0 Å². The molecule has 5 nitrogen and oxygen atoms in total. The molecule has 1 aliphatic rings. The third kappa shape index (κ3) is 5.21. The van der Waals surface area contributed by atoms with Crippen LogP contribution in [0.3, 0.4) is 0 Å². The van der Waals surface area contributed by atoms with Gasteiger partial charge in [0.05, 0.1) is 26.9 Å². The number of nitrogens with one attached hydrogen (secondary N) is 1. The molecule has 2 aromatic rings. The summed E-state index contributed by atoms with van der Waals surface area (Å²) in [4.78, 5) is 2.34. The third-order valence-corrected chi connectivity index (χ3v) is 4.71. The Kier molecular flexibility index (Phi) is 7.07. The number of hydrogen-bond acceptors (Lipinski definition) is 5. The first-order valence-electron chi connectivity index (χ1n) is 9.37. The maximum atomic E-state index is 6.24. The summed E-state index contributed by atoms with van der Waals surface area (Å²) in [6.45, 7) is 6.77. The summed E-state index contributed by atoms with van der Waals surface area (Å²) in [5.41, 5.74) is 3.25. The van der Waals surface area contributed by atoms with Crippen LogP contribution in [0.1, 0.15) is 18.9 Å². The molecule has 6 heteroatoms. The topological polar surface area (TPSA) is 43.0 Å². The number of ether oxygens (including phenoxy) is 3. The molecule has 1 aliphatic heterocycles. The van der Waals surface area contributed by atoms with Crippen molar-refractivity contribution in [2.75, 3.05) is 50.2 Å². The van der Waals surface area contributed by atoms with Crippen LogP contribution >= 0.6 is 11.6 Å².